The van der Waals surface area contributed by atoms with Gasteiger partial charge in [0.25, 0.3) is 10.0 Å². The highest BCUT2D eigenvalue weighted by Gasteiger charge is 2.32. The van der Waals surface area contributed by atoms with Crippen molar-refractivity contribution in [1.82, 2.24) is 10.2 Å². The maximum atomic E-state index is 14.0. The van der Waals surface area contributed by atoms with Gasteiger partial charge < -0.3 is 10.2 Å². The molecule has 9 heteroatoms. The Kier molecular flexibility index (Phi) is 10.6. The molecule has 0 fully saturated rings. The lowest BCUT2D eigenvalue weighted by Gasteiger charge is -2.32. The summed E-state index contributed by atoms with van der Waals surface area (Å²) < 4.78 is 29.9. The quantitative estimate of drug-likeness (QED) is 0.293. The molecule has 0 heterocycles. The molecule has 0 aromatic heterocycles. The first-order valence-electron chi connectivity index (χ1n) is 13.3. The minimum absolute atomic E-state index is 0.0892. The molecule has 0 radical (unpaired) electrons. The van der Waals surface area contributed by atoms with Crippen molar-refractivity contribution < 1.29 is 18.0 Å². The van der Waals surface area contributed by atoms with E-state index in [1.54, 1.807) is 43.3 Å². The predicted molar refractivity (Wildman–Crippen MR) is 164 cm³/mol. The van der Waals surface area contributed by atoms with E-state index in [9.17, 15) is 18.0 Å². The lowest BCUT2D eigenvalue weighted by molar-refractivity contribution is -0.139. The number of amides is 2. The van der Waals surface area contributed by atoms with Gasteiger partial charge in [0.1, 0.15) is 12.6 Å². The fraction of sp³-hybridized carbons (Fsp3) is 0.355. The van der Waals surface area contributed by atoms with E-state index in [-0.39, 0.29) is 23.3 Å². The van der Waals surface area contributed by atoms with E-state index < -0.39 is 28.5 Å². The van der Waals surface area contributed by atoms with Crippen LogP contribution < -0.4 is 9.62 Å². The maximum Gasteiger partial charge on any atom is 0.264 e. The Balaban J connectivity index is 2.05. The van der Waals surface area contributed by atoms with Crippen molar-refractivity contribution in [3.8, 4) is 0 Å². The zero-order valence-corrected chi connectivity index (χ0v) is 26.3. The van der Waals surface area contributed by atoms with Crippen molar-refractivity contribution in [2.24, 2.45) is 5.92 Å². The molecule has 1 atom stereocenters. The average molecular weight is 629 g/mol. The van der Waals surface area contributed by atoms with Gasteiger partial charge in [0.15, 0.2) is 0 Å². The Bertz CT molecular complexity index is 1440. The minimum Gasteiger partial charge on any atom is -0.354 e. The van der Waals surface area contributed by atoms with Gasteiger partial charge >= 0.3 is 0 Å². The van der Waals surface area contributed by atoms with Crippen LogP contribution in [0.1, 0.15) is 43.0 Å². The van der Waals surface area contributed by atoms with Crippen LogP contribution >= 0.6 is 15.9 Å². The fourth-order valence-electron chi connectivity index (χ4n) is 4.33. The smallest absolute Gasteiger partial charge is 0.264 e. The van der Waals surface area contributed by atoms with E-state index in [4.69, 9.17) is 0 Å². The van der Waals surface area contributed by atoms with Crippen LogP contribution in [0.2, 0.25) is 0 Å². The highest BCUT2D eigenvalue weighted by molar-refractivity contribution is 9.10. The summed E-state index contributed by atoms with van der Waals surface area (Å²) in [6, 6.07) is 18.7. The van der Waals surface area contributed by atoms with Gasteiger partial charge in [-0.15, -0.1) is 0 Å². The van der Waals surface area contributed by atoms with Crippen LogP contribution in [-0.2, 0) is 26.2 Å². The zero-order chi connectivity index (χ0) is 29.6. The molecular formula is C31H38BrN3O4S. The molecule has 0 aliphatic carbocycles. The Morgan fingerprint density at radius 2 is 1.50 bits per heavy atom. The number of anilines is 1. The summed E-state index contributed by atoms with van der Waals surface area (Å²) in [7, 11) is -4.10. The third-order valence-electron chi connectivity index (χ3n) is 6.48. The van der Waals surface area contributed by atoms with Crippen molar-refractivity contribution in [2.45, 2.75) is 59.0 Å². The maximum absolute atomic E-state index is 14.0. The summed E-state index contributed by atoms with van der Waals surface area (Å²) in [4.78, 5) is 28.7. The molecule has 0 saturated heterocycles. The lowest BCUT2D eigenvalue weighted by Crippen LogP contribution is -2.51. The molecule has 3 rings (SSSR count). The molecule has 2 amide bonds. The van der Waals surface area contributed by atoms with Crippen molar-refractivity contribution in [1.29, 1.82) is 0 Å². The fourth-order valence-corrected chi connectivity index (χ4v) is 6.17. The van der Waals surface area contributed by atoms with Gasteiger partial charge in [-0.3, -0.25) is 13.9 Å². The molecule has 0 saturated carbocycles. The molecule has 0 aliphatic heterocycles. The van der Waals surface area contributed by atoms with Crippen LogP contribution in [-0.4, -0.2) is 44.3 Å². The Hall–Kier alpha value is -3.17. The first-order valence-corrected chi connectivity index (χ1v) is 15.5. The molecular weight excluding hydrogens is 590 g/mol. The number of halogens is 1. The third-order valence-corrected chi connectivity index (χ3v) is 8.76. The largest absolute Gasteiger partial charge is 0.354 e. The van der Waals surface area contributed by atoms with Gasteiger partial charge in [0.05, 0.1) is 10.6 Å². The van der Waals surface area contributed by atoms with Crippen LogP contribution in [0.3, 0.4) is 0 Å². The number of hydrogen-bond donors (Lipinski definition) is 1. The topological polar surface area (TPSA) is 86.8 Å². The number of nitrogens with one attached hydrogen (secondary N) is 1. The summed E-state index contributed by atoms with van der Waals surface area (Å²) in [6.07, 6.45) is 0. The number of sulfonamides is 1. The molecule has 3 aromatic carbocycles. The molecule has 0 spiro atoms. The van der Waals surface area contributed by atoms with Crippen LogP contribution in [0.25, 0.3) is 0 Å². The first kappa shape index (κ1) is 31.4. The highest BCUT2D eigenvalue weighted by atomic mass is 79.9. The van der Waals surface area contributed by atoms with Crippen LogP contribution in [0.15, 0.2) is 76.1 Å². The van der Waals surface area contributed by atoms with E-state index >= 15 is 0 Å². The van der Waals surface area contributed by atoms with E-state index in [1.165, 1.54) is 4.90 Å². The second kappa shape index (κ2) is 13.5. The molecule has 1 N–H and O–H groups in total. The van der Waals surface area contributed by atoms with E-state index in [0.717, 1.165) is 31.0 Å². The Morgan fingerprint density at radius 1 is 0.875 bits per heavy atom. The van der Waals surface area contributed by atoms with E-state index in [1.807, 2.05) is 65.0 Å². The van der Waals surface area contributed by atoms with Crippen LogP contribution in [0.5, 0.6) is 0 Å². The van der Waals surface area contributed by atoms with Gasteiger partial charge in [0, 0.05) is 17.6 Å². The monoisotopic (exact) mass is 627 g/mol. The third kappa shape index (κ3) is 8.17. The van der Waals surface area contributed by atoms with E-state index in [0.29, 0.717) is 12.2 Å². The summed E-state index contributed by atoms with van der Waals surface area (Å²) in [5, 5.41) is 2.90. The first-order chi connectivity index (χ1) is 18.8. The summed E-state index contributed by atoms with van der Waals surface area (Å²) >= 11 is 3.47. The molecule has 3 aromatic rings. The van der Waals surface area contributed by atoms with Crippen LogP contribution in [0.4, 0.5) is 5.69 Å². The van der Waals surface area contributed by atoms with Crippen molar-refractivity contribution >= 4 is 43.5 Å². The number of aryl methyl sites for hydroxylation is 3. The number of benzene rings is 3. The van der Waals surface area contributed by atoms with Gasteiger partial charge in [0.2, 0.25) is 11.8 Å². The number of nitrogens with zero attached hydrogens (tertiary/aromatic N) is 2. The summed E-state index contributed by atoms with van der Waals surface area (Å²) in [5.41, 5.74) is 3.88. The average Bonchev–Trinajstić information content (AvgIpc) is 2.88. The SMILES string of the molecule is Cc1ccc(S(=O)(=O)N(CC(=O)N(Cc2cccc(Br)c2)[C@H](C)C(=O)NCC(C)C)c2cc(C)cc(C)c2)cc1. The van der Waals surface area contributed by atoms with Crippen molar-refractivity contribution in [3.63, 3.8) is 0 Å². The normalized spacial score (nSPS) is 12.2. The van der Waals surface area contributed by atoms with Gasteiger partial charge in [-0.05, 0) is 86.7 Å². The molecule has 7 nitrogen and oxygen atoms in total. The number of rotatable bonds is 11. The lowest BCUT2D eigenvalue weighted by atomic mass is 10.1. The summed E-state index contributed by atoms with van der Waals surface area (Å²) in [5.74, 6) is -0.538. The summed E-state index contributed by atoms with van der Waals surface area (Å²) in [6.45, 7) is 11.5. The minimum atomic E-state index is -4.10. The van der Waals surface area contributed by atoms with Gasteiger partial charge in [-0.1, -0.05) is 65.7 Å². The van der Waals surface area contributed by atoms with Crippen molar-refractivity contribution in [3.05, 3.63) is 93.5 Å². The van der Waals surface area contributed by atoms with Crippen LogP contribution in [0, 0.1) is 26.7 Å². The predicted octanol–water partition coefficient (Wildman–Crippen LogP) is 5.76. The second-order valence-corrected chi connectivity index (χ2v) is 13.4. The highest BCUT2D eigenvalue weighted by Crippen LogP contribution is 2.27. The van der Waals surface area contributed by atoms with Crippen molar-refractivity contribution in [2.75, 3.05) is 17.4 Å². The Morgan fingerprint density at radius 3 is 2.08 bits per heavy atom. The molecule has 0 unspecified atom stereocenters. The zero-order valence-electron chi connectivity index (χ0n) is 23.9. The van der Waals surface area contributed by atoms with E-state index in [2.05, 4.69) is 21.2 Å². The Labute approximate surface area is 246 Å². The second-order valence-electron chi connectivity index (χ2n) is 10.6. The number of hydrogen-bond acceptors (Lipinski definition) is 4. The molecule has 40 heavy (non-hydrogen) atoms. The standard InChI is InChI=1S/C31H38BrN3O4S/c1-21(2)18-33-31(37)25(6)34(19-26-8-7-9-27(32)17-26)30(36)20-35(28-15-23(4)14-24(5)16-28)40(38,39)29-12-10-22(3)11-13-29/h7-17,21,25H,18-20H2,1-6H3,(H,33,37)/t25-/m1/s1. The molecule has 0 bridgehead atoms. The molecule has 214 valence electrons. The number of carbonyl (C=O) groups is 2. The number of carbonyl (C=O) groups excluding carboxylic acids is 2. The molecule has 0 aliphatic rings. The van der Waals surface area contributed by atoms with Gasteiger partial charge in [-0.2, -0.15) is 0 Å². The van der Waals surface area contributed by atoms with Gasteiger partial charge in [-0.25, -0.2) is 8.42 Å².